The van der Waals surface area contributed by atoms with Gasteiger partial charge in [0, 0.05) is 55.0 Å². The summed E-state index contributed by atoms with van der Waals surface area (Å²) in [4.78, 5) is 23.6. The Morgan fingerprint density at radius 1 is 1.10 bits per heavy atom. The van der Waals surface area contributed by atoms with E-state index in [2.05, 4.69) is 27.5 Å². The number of benzene rings is 1. The maximum Gasteiger partial charge on any atom is 0.253 e. The molecule has 1 aliphatic heterocycles. The summed E-state index contributed by atoms with van der Waals surface area (Å²) in [5.74, 6) is 1.79. The Morgan fingerprint density at radius 2 is 1.93 bits per heavy atom. The fraction of sp³-hybridized carbons (Fsp3) is 0.375. The van der Waals surface area contributed by atoms with Crippen LogP contribution in [0, 0.1) is 19.8 Å². The van der Waals surface area contributed by atoms with E-state index in [1.54, 1.807) is 6.20 Å². The Hall–Kier alpha value is -2.95. The number of nitrogens with zero attached hydrogens (tertiary/aromatic N) is 4. The highest BCUT2D eigenvalue weighted by Gasteiger charge is 2.24. The van der Waals surface area contributed by atoms with E-state index >= 15 is 0 Å². The Morgan fingerprint density at radius 3 is 2.66 bits per heavy atom. The van der Waals surface area contributed by atoms with Crippen LogP contribution in [-0.4, -0.2) is 38.4 Å². The molecular weight excluding hydrogens is 360 g/mol. The maximum atomic E-state index is 12.8. The van der Waals surface area contributed by atoms with Crippen LogP contribution < -0.4 is 0 Å². The largest absolute Gasteiger partial charge is 0.339 e. The fourth-order valence-corrected chi connectivity index (χ4v) is 4.17. The first kappa shape index (κ1) is 19.4. The minimum Gasteiger partial charge on any atom is -0.339 e. The van der Waals surface area contributed by atoms with Crippen LogP contribution in [0.5, 0.6) is 0 Å². The standard InChI is InChI=1S/C24H28N4O/c1-18-5-3-6-21(15-18)24(29)27-12-8-20(9-13-27)10-14-28-19(2)16-26-23(28)22-7-4-11-25-17-22/h3-7,11,15-17,20H,8-10,12-14H2,1-2H3. The third-order valence-electron chi connectivity index (χ3n) is 5.90. The van der Waals surface area contributed by atoms with Crippen molar-refractivity contribution in [1.29, 1.82) is 0 Å². The van der Waals surface area contributed by atoms with E-state index in [4.69, 9.17) is 0 Å². The molecular formula is C24H28N4O. The highest BCUT2D eigenvalue weighted by molar-refractivity contribution is 5.94. The lowest BCUT2D eigenvalue weighted by Gasteiger charge is -2.32. The molecule has 0 unspecified atom stereocenters. The smallest absolute Gasteiger partial charge is 0.253 e. The molecule has 0 radical (unpaired) electrons. The molecule has 3 aromatic rings. The van der Waals surface area contributed by atoms with E-state index in [0.29, 0.717) is 5.92 Å². The molecule has 2 aromatic heterocycles. The number of likely N-dealkylation sites (tertiary alicyclic amines) is 1. The van der Waals surface area contributed by atoms with Gasteiger partial charge in [-0.25, -0.2) is 4.98 Å². The minimum atomic E-state index is 0.163. The van der Waals surface area contributed by atoms with Gasteiger partial charge in [0.15, 0.2) is 0 Å². The van der Waals surface area contributed by atoms with Crippen molar-refractivity contribution in [3.05, 3.63) is 71.8 Å². The van der Waals surface area contributed by atoms with Crippen molar-refractivity contribution in [2.24, 2.45) is 5.92 Å². The summed E-state index contributed by atoms with van der Waals surface area (Å²) < 4.78 is 2.29. The van der Waals surface area contributed by atoms with Gasteiger partial charge in [0.25, 0.3) is 5.91 Å². The van der Waals surface area contributed by atoms with Crippen LogP contribution in [0.4, 0.5) is 0 Å². The molecule has 1 aromatic carbocycles. The van der Waals surface area contributed by atoms with Crippen LogP contribution in [0.25, 0.3) is 11.4 Å². The Balaban J connectivity index is 1.34. The van der Waals surface area contributed by atoms with Crippen LogP contribution >= 0.6 is 0 Å². The zero-order valence-corrected chi connectivity index (χ0v) is 17.2. The number of amides is 1. The van der Waals surface area contributed by atoms with Crippen LogP contribution in [0.1, 0.15) is 40.9 Å². The van der Waals surface area contributed by atoms with Crippen LogP contribution in [0.3, 0.4) is 0 Å². The molecule has 0 spiro atoms. The molecule has 0 saturated carbocycles. The summed E-state index contributed by atoms with van der Waals surface area (Å²) in [7, 11) is 0. The van der Waals surface area contributed by atoms with Crippen LogP contribution in [-0.2, 0) is 6.54 Å². The molecule has 150 valence electrons. The molecule has 0 atom stereocenters. The molecule has 1 aliphatic rings. The van der Waals surface area contributed by atoms with Crippen LogP contribution in [0.15, 0.2) is 55.0 Å². The highest BCUT2D eigenvalue weighted by Crippen LogP contribution is 2.25. The Kier molecular flexibility index (Phi) is 5.74. The van der Waals surface area contributed by atoms with Gasteiger partial charge in [-0.3, -0.25) is 9.78 Å². The molecule has 29 heavy (non-hydrogen) atoms. The Bertz CT molecular complexity index is 972. The summed E-state index contributed by atoms with van der Waals surface area (Å²) in [6, 6.07) is 11.9. The number of carbonyl (C=O) groups is 1. The second-order valence-electron chi connectivity index (χ2n) is 8.01. The van der Waals surface area contributed by atoms with Crippen molar-refractivity contribution < 1.29 is 4.79 Å². The number of pyridine rings is 1. The average molecular weight is 389 g/mol. The van der Waals surface area contributed by atoms with Crippen LogP contribution in [0.2, 0.25) is 0 Å². The summed E-state index contributed by atoms with van der Waals surface area (Å²) in [6.45, 7) is 6.77. The molecule has 1 saturated heterocycles. The van der Waals surface area contributed by atoms with Gasteiger partial charge < -0.3 is 9.47 Å². The van der Waals surface area contributed by atoms with Gasteiger partial charge in [-0.05, 0) is 63.3 Å². The number of aromatic nitrogens is 3. The molecule has 0 N–H and O–H groups in total. The van der Waals surface area contributed by atoms with Gasteiger partial charge in [0.05, 0.1) is 0 Å². The normalized spacial score (nSPS) is 14.9. The van der Waals surface area contributed by atoms with E-state index in [9.17, 15) is 4.79 Å². The molecule has 4 rings (SSSR count). The van der Waals surface area contributed by atoms with Gasteiger partial charge in [-0.1, -0.05) is 17.7 Å². The van der Waals surface area contributed by atoms with Gasteiger partial charge in [0.2, 0.25) is 0 Å². The third kappa shape index (κ3) is 4.39. The first-order valence-electron chi connectivity index (χ1n) is 10.4. The van der Waals surface area contributed by atoms with Crippen molar-refractivity contribution in [2.45, 2.75) is 39.7 Å². The number of piperidine rings is 1. The van der Waals surface area contributed by atoms with E-state index in [-0.39, 0.29) is 5.91 Å². The van der Waals surface area contributed by atoms with Crippen molar-refractivity contribution >= 4 is 5.91 Å². The SMILES string of the molecule is Cc1cccc(C(=O)N2CCC(CCn3c(C)cnc3-c3cccnc3)CC2)c1. The van der Waals surface area contributed by atoms with Crippen molar-refractivity contribution in [1.82, 2.24) is 19.4 Å². The minimum absolute atomic E-state index is 0.163. The van der Waals surface area contributed by atoms with Gasteiger partial charge >= 0.3 is 0 Å². The molecule has 5 heteroatoms. The zero-order valence-electron chi connectivity index (χ0n) is 17.2. The average Bonchev–Trinajstić information content (AvgIpc) is 3.13. The van der Waals surface area contributed by atoms with E-state index < -0.39 is 0 Å². The lowest BCUT2D eigenvalue weighted by atomic mass is 9.93. The number of hydrogen-bond donors (Lipinski definition) is 0. The van der Waals surface area contributed by atoms with Crippen molar-refractivity contribution in [3.8, 4) is 11.4 Å². The summed E-state index contributed by atoms with van der Waals surface area (Å²) in [6.07, 6.45) is 8.83. The molecule has 5 nitrogen and oxygen atoms in total. The fourth-order valence-electron chi connectivity index (χ4n) is 4.17. The second-order valence-corrected chi connectivity index (χ2v) is 8.01. The molecule has 1 amide bonds. The Labute approximate surface area is 172 Å². The lowest BCUT2D eigenvalue weighted by molar-refractivity contribution is 0.0685. The summed E-state index contributed by atoms with van der Waals surface area (Å²) in [5, 5.41) is 0. The number of imidazole rings is 1. The number of hydrogen-bond acceptors (Lipinski definition) is 3. The summed E-state index contributed by atoms with van der Waals surface area (Å²) in [5.41, 5.74) is 4.17. The quantitative estimate of drug-likeness (QED) is 0.646. The highest BCUT2D eigenvalue weighted by atomic mass is 16.2. The van der Waals surface area contributed by atoms with Gasteiger partial charge in [-0.2, -0.15) is 0 Å². The van der Waals surface area contributed by atoms with E-state index in [0.717, 1.165) is 61.4 Å². The monoisotopic (exact) mass is 388 g/mol. The molecule has 3 heterocycles. The molecule has 1 fully saturated rings. The first-order valence-corrected chi connectivity index (χ1v) is 10.4. The molecule has 0 bridgehead atoms. The topological polar surface area (TPSA) is 51.0 Å². The predicted molar refractivity (Wildman–Crippen MR) is 115 cm³/mol. The maximum absolute atomic E-state index is 12.8. The third-order valence-corrected chi connectivity index (χ3v) is 5.90. The van der Waals surface area contributed by atoms with Crippen molar-refractivity contribution in [2.75, 3.05) is 13.1 Å². The van der Waals surface area contributed by atoms with Gasteiger partial charge in [-0.15, -0.1) is 0 Å². The predicted octanol–water partition coefficient (Wildman–Crippen LogP) is 4.50. The van der Waals surface area contributed by atoms with E-state index in [1.165, 1.54) is 5.69 Å². The van der Waals surface area contributed by atoms with E-state index in [1.807, 2.05) is 54.5 Å². The number of rotatable bonds is 5. The van der Waals surface area contributed by atoms with Gasteiger partial charge in [0.1, 0.15) is 5.82 Å². The lowest BCUT2D eigenvalue weighted by Crippen LogP contribution is -2.38. The number of carbonyl (C=O) groups excluding carboxylic acids is 1. The second kappa shape index (κ2) is 8.60. The number of aryl methyl sites for hydroxylation is 2. The first-order chi connectivity index (χ1) is 14.1. The zero-order chi connectivity index (χ0) is 20.2. The molecule has 0 aliphatic carbocycles. The van der Waals surface area contributed by atoms with Crippen molar-refractivity contribution in [3.63, 3.8) is 0 Å². The summed E-state index contributed by atoms with van der Waals surface area (Å²) >= 11 is 0.